The van der Waals surface area contributed by atoms with Crippen molar-refractivity contribution < 1.29 is 15.3 Å². The molecule has 0 heterocycles. The van der Waals surface area contributed by atoms with Gasteiger partial charge < -0.3 is 15.3 Å². The van der Waals surface area contributed by atoms with Crippen LogP contribution in [0.15, 0.2) is 0 Å². The van der Waals surface area contributed by atoms with Gasteiger partial charge in [-0.15, -0.1) is 0 Å². The van der Waals surface area contributed by atoms with Gasteiger partial charge in [0.05, 0.1) is 18.3 Å². The van der Waals surface area contributed by atoms with Gasteiger partial charge in [-0.1, -0.05) is 0 Å². The predicted octanol–water partition coefficient (Wildman–Crippen LogP) is 0.669. The molecule has 0 bridgehead atoms. The van der Waals surface area contributed by atoms with Crippen LogP contribution in [0, 0.1) is 0 Å². The first-order chi connectivity index (χ1) is 5.52. The van der Waals surface area contributed by atoms with E-state index in [4.69, 9.17) is 10.2 Å². The van der Waals surface area contributed by atoms with Crippen LogP contribution in [0.25, 0.3) is 0 Å². The number of aliphatic hydroxyl groups is 3. The SMILES string of the molecule is CC(O)CCCC(O)CC(C)O. The van der Waals surface area contributed by atoms with Crippen molar-refractivity contribution in [2.75, 3.05) is 0 Å². The van der Waals surface area contributed by atoms with Crippen molar-refractivity contribution in [1.29, 1.82) is 0 Å². The third-order valence-electron chi connectivity index (χ3n) is 1.77. The van der Waals surface area contributed by atoms with E-state index in [2.05, 4.69) is 0 Å². The Hall–Kier alpha value is -0.120. The van der Waals surface area contributed by atoms with Gasteiger partial charge in [-0.3, -0.25) is 0 Å². The summed E-state index contributed by atoms with van der Waals surface area (Å²) in [6, 6.07) is 0. The average molecular weight is 176 g/mol. The van der Waals surface area contributed by atoms with Gasteiger partial charge in [-0.05, 0) is 39.5 Å². The van der Waals surface area contributed by atoms with E-state index in [1.54, 1.807) is 13.8 Å². The molecule has 74 valence electrons. The summed E-state index contributed by atoms with van der Waals surface area (Å²) >= 11 is 0. The summed E-state index contributed by atoms with van der Waals surface area (Å²) in [4.78, 5) is 0. The van der Waals surface area contributed by atoms with Gasteiger partial charge in [0.1, 0.15) is 0 Å². The molecule has 0 spiro atoms. The minimum absolute atomic E-state index is 0.288. The van der Waals surface area contributed by atoms with Crippen molar-refractivity contribution >= 4 is 0 Å². The molecule has 0 amide bonds. The molecule has 0 rings (SSSR count). The summed E-state index contributed by atoms with van der Waals surface area (Å²) < 4.78 is 0. The maximum atomic E-state index is 9.29. The van der Waals surface area contributed by atoms with Gasteiger partial charge >= 0.3 is 0 Å². The highest BCUT2D eigenvalue weighted by atomic mass is 16.3. The monoisotopic (exact) mass is 176 g/mol. The van der Waals surface area contributed by atoms with Crippen LogP contribution in [0.3, 0.4) is 0 Å². The largest absolute Gasteiger partial charge is 0.393 e. The molecule has 3 N–H and O–H groups in total. The van der Waals surface area contributed by atoms with E-state index in [9.17, 15) is 5.11 Å². The van der Waals surface area contributed by atoms with E-state index in [1.807, 2.05) is 0 Å². The fourth-order valence-electron chi connectivity index (χ4n) is 1.16. The normalized spacial score (nSPS) is 18.8. The second kappa shape index (κ2) is 6.40. The van der Waals surface area contributed by atoms with Crippen molar-refractivity contribution in [1.82, 2.24) is 0 Å². The lowest BCUT2D eigenvalue weighted by atomic mass is 10.1. The van der Waals surface area contributed by atoms with Gasteiger partial charge in [0, 0.05) is 0 Å². The van der Waals surface area contributed by atoms with E-state index in [0.29, 0.717) is 12.8 Å². The summed E-state index contributed by atoms with van der Waals surface area (Å²) in [6.07, 6.45) is 1.47. The molecule has 0 aliphatic carbocycles. The first-order valence-electron chi connectivity index (χ1n) is 4.56. The van der Waals surface area contributed by atoms with Crippen molar-refractivity contribution in [3.63, 3.8) is 0 Å². The molecule has 0 radical (unpaired) electrons. The molecule has 0 aliphatic heterocycles. The highest BCUT2D eigenvalue weighted by Crippen LogP contribution is 2.08. The van der Waals surface area contributed by atoms with Gasteiger partial charge in [0.15, 0.2) is 0 Å². The maximum absolute atomic E-state index is 9.29. The number of hydrogen-bond acceptors (Lipinski definition) is 3. The van der Waals surface area contributed by atoms with Crippen LogP contribution in [0.2, 0.25) is 0 Å². The Balaban J connectivity index is 3.25. The molecule has 3 atom stereocenters. The molecule has 12 heavy (non-hydrogen) atoms. The zero-order valence-electron chi connectivity index (χ0n) is 7.90. The molecular weight excluding hydrogens is 156 g/mol. The lowest BCUT2D eigenvalue weighted by Crippen LogP contribution is -2.15. The fraction of sp³-hybridized carbons (Fsp3) is 1.00. The number of rotatable bonds is 6. The zero-order chi connectivity index (χ0) is 9.56. The highest BCUT2D eigenvalue weighted by molar-refractivity contribution is 4.60. The van der Waals surface area contributed by atoms with Crippen molar-refractivity contribution in [2.45, 2.75) is 57.8 Å². The Morgan fingerprint density at radius 2 is 1.50 bits per heavy atom. The van der Waals surface area contributed by atoms with Crippen molar-refractivity contribution in [2.24, 2.45) is 0 Å². The Morgan fingerprint density at radius 3 is 1.92 bits per heavy atom. The lowest BCUT2D eigenvalue weighted by Gasteiger charge is -2.12. The Labute approximate surface area is 74.0 Å². The molecule has 0 saturated carbocycles. The second-order valence-corrected chi connectivity index (χ2v) is 3.52. The lowest BCUT2D eigenvalue weighted by molar-refractivity contribution is 0.0800. The Kier molecular flexibility index (Phi) is 6.34. The Bertz CT molecular complexity index is 102. The summed E-state index contributed by atoms with van der Waals surface area (Å²) in [6.45, 7) is 3.40. The third-order valence-corrected chi connectivity index (χ3v) is 1.77. The molecule has 0 aromatic heterocycles. The van der Waals surface area contributed by atoms with E-state index in [0.717, 1.165) is 12.8 Å². The fourth-order valence-corrected chi connectivity index (χ4v) is 1.16. The van der Waals surface area contributed by atoms with Gasteiger partial charge in [0.2, 0.25) is 0 Å². The standard InChI is InChI=1S/C9H20O3/c1-7(10)4-3-5-9(12)6-8(2)11/h7-12H,3-6H2,1-2H3. The van der Waals surface area contributed by atoms with E-state index < -0.39 is 12.2 Å². The van der Waals surface area contributed by atoms with Crippen LogP contribution in [0.4, 0.5) is 0 Å². The Morgan fingerprint density at radius 1 is 0.917 bits per heavy atom. The average Bonchev–Trinajstić information content (AvgIpc) is 1.84. The van der Waals surface area contributed by atoms with Gasteiger partial charge in [-0.25, -0.2) is 0 Å². The molecule has 3 nitrogen and oxygen atoms in total. The van der Waals surface area contributed by atoms with E-state index in [-0.39, 0.29) is 6.10 Å². The summed E-state index contributed by atoms with van der Waals surface area (Å²) in [7, 11) is 0. The smallest absolute Gasteiger partial charge is 0.0564 e. The van der Waals surface area contributed by atoms with E-state index >= 15 is 0 Å². The molecule has 0 fully saturated rings. The summed E-state index contributed by atoms with van der Waals surface area (Å²) in [5, 5.41) is 27.1. The quantitative estimate of drug-likeness (QED) is 0.557. The maximum Gasteiger partial charge on any atom is 0.0564 e. The molecule has 3 heteroatoms. The first-order valence-corrected chi connectivity index (χ1v) is 4.56. The predicted molar refractivity (Wildman–Crippen MR) is 47.8 cm³/mol. The van der Waals surface area contributed by atoms with Crippen LogP contribution in [-0.2, 0) is 0 Å². The molecule has 0 aliphatic rings. The van der Waals surface area contributed by atoms with Crippen molar-refractivity contribution in [3.8, 4) is 0 Å². The van der Waals surface area contributed by atoms with Gasteiger partial charge in [0.25, 0.3) is 0 Å². The highest BCUT2D eigenvalue weighted by Gasteiger charge is 2.07. The minimum atomic E-state index is -0.438. The van der Waals surface area contributed by atoms with Crippen LogP contribution < -0.4 is 0 Å². The molecule has 0 aromatic rings. The molecular formula is C9H20O3. The number of aliphatic hydroxyl groups excluding tert-OH is 3. The summed E-state index contributed by atoms with van der Waals surface area (Å²) in [5.41, 5.74) is 0. The van der Waals surface area contributed by atoms with E-state index in [1.165, 1.54) is 0 Å². The second-order valence-electron chi connectivity index (χ2n) is 3.52. The molecule has 0 aromatic carbocycles. The third kappa shape index (κ3) is 7.98. The summed E-state index contributed by atoms with van der Waals surface area (Å²) in [5.74, 6) is 0. The number of hydrogen-bond donors (Lipinski definition) is 3. The van der Waals surface area contributed by atoms with Crippen molar-refractivity contribution in [3.05, 3.63) is 0 Å². The molecule has 3 unspecified atom stereocenters. The minimum Gasteiger partial charge on any atom is -0.393 e. The zero-order valence-corrected chi connectivity index (χ0v) is 7.90. The van der Waals surface area contributed by atoms with Gasteiger partial charge in [-0.2, -0.15) is 0 Å². The molecule has 0 saturated heterocycles. The van der Waals surface area contributed by atoms with Crippen LogP contribution in [-0.4, -0.2) is 33.6 Å². The van der Waals surface area contributed by atoms with Crippen LogP contribution in [0.1, 0.15) is 39.5 Å². The van der Waals surface area contributed by atoms with Crippen LogP contribution in [0.5, 0.6) is 0 Å². The van der Waals surface area contributed by atoms with Crippen LogP contribution >= 0.6 is 0 Å². The first kappa shape index (κ1) is 11.9. The topological polar surface area (TPSA) is 60.7 Å².